The molecule has 17 nitrogen and oxygen atoms in total. The van der Waals surface area contributed by atoms with E-state index >= 15 is 0 Å². The molecule has 3 rings (SSSR count). The van der Waals surface area contributed by atoms with Gasteiger partial charge >= 0.3 is 42.8 Å². The van der Waals surface area contributed by atoms with Gasteiger partial charge in [-0.3, -0.25) is 0 Å². The Kier molecular flexibility index (Phi) is 63.1. The summed E-state index contributed by atoms with van der Waals surface area (Å²) in [6, 6.07) is 18.5. The average Bonchev–Trinajstić information content (AvgIpc) is 4.07. The van der Waals surface area contributed by atoms with Crippen LogP contribution in [-0.2, 0) is 33.5 Å². The molecule has 0 aromatic heterocycles. The van der Waals surface area contributed by atoms with Crippen molar-refractivity contribution in [2.45, 2.75) is 243 Å². The lowest BCUT2D eigenvalue weighted by Gasteiger charge is -2.44. The van der Waals surface area contributed by atoms with Crippen molar-refractivity contribution in [1.29, 1.82) is 0 Å². The van der Waals surface area contributed by atoms with Crippen LogP contribution in [0.3, 0.4) is 0 Å². The van der Waals surface area contributed by atoms with Gasteiger partial charge in [-0.1, -0.05) is 111 Å². The zero-order valence-corrected chi connectivity index (χ0v) is 61.3. The normalized spacial score (nSPS) is 15.2. The molecule has 2 aromatic carbocycles. The van der Waals surface area contributed by atoms with Crippen LogP contribution in [0.25, 0.3) is 0 Å². The average molecular weight is 1400 g/mol. The van der Waals surface area contributed by atoms with Crippen LogP contribution >= 0.6 is 0 Å². The van der Waals surface area contributed by atoms with Gasteiger partial charge in [0.1, 0.15) is 36.9 Å². The zero-order chi connectivity index (χ0) is 58.8. The number of aliphatic hydroxyl groups is 1. The number of para-hydroxylation sites is 2. The summed E-state index contributed by atoms with van der Waals surface area (Å²) < 4.78 is 63.2. The minimum absolute atomic E-state index is 0. The number of benzene rings is 2. The van der Waals surface area contributed by atoms with Gasteiger partial charge in [-0.2, -0.15) is 0 Å². The van der Waals surface area contributed by atoms with Crippen LogP contribution in [0.2, 0.25) is 143 Å². The van der Waals surface area contributed by atoms with E-state index in [1.165, 1.54) is 5.56 Å². The van der Waals surface area contributed by atoms with E-state index in [0.29, 0.717) is 32.3 Å². The molecule has 1 aliphatic rings. The summed E-state index contributed by atoms with van der Waals surface area (Å²) in [5, 5.41) is 23.9. The third-order valence-corrected chi connectivity index (χ3v) is 42.2. The number of nitrogens with two attached hydrogens (primary N) is 2. The molecule has 0 amide bonds. The first-order valence-electron chi connectivity index (χ1n) is 28.1. The smallest absolute Gasteiger partial charge is 0.317 e. The summed E-state index contributed by atoms with van der Waals surface area (Å²) in [6.45, 7) is 55.1. The lowest BCUT2D eigenvalue weighted by molar-refractivity contribution is 0.106. The molecule has 0 saturated carbocycles. The van der Waals surface area contributed by atoms with Gasteiger partial charge in [-0.15, -0.1) is 0 Å². The molecule has 1 heterocycles. The Morgan fingerprint density at radius 3 is 1.05 bits per heavy atom. The first-order chi connectivity index (χ1) is 35.3. The fourth-order valence-electron chi connectivity index (χ4n) is 8.65. The van der Waals surface area contributed by atoms with Crippen molar-refractivity contribution in [3.05, 3.63) is 59.7 Å². The summed E-state index contributed by atoms with van der Waals surface area (Å²) in [5.41, 5.74) is 13.5. The van der Waals surface area contributed by atoms with Crippen molar-refractivity contribution in [3.8, 4) is 11.5 Å². The SMILES string of the molecule is C.C.C.C.C.C.C.C.C.C.C[Si](C)(C)O[Si](C)(C)O[Si](C)(CCNCCN)O[Si](C)(C)C.Cc1ccccc1OCC(O)CNCCNCC[Si](C)(O[Si](C)(C)C)O[Si](C)(C)O[Si](C)(CCNCCN)O[Si](C)(C)C.Cc1ccccc1OCC1CO1. The Hall–Kier alpha value is -0.608. The maximum absolute atomic E-state index is 10.3. The molecule has 0 bridgehead atoms. The molecule has 0 aliphatic carbocycles. The number of epoxide rings is 1. The molecule has 2 aromatic rings. The maximum Gasteiger partial charge on any atom is 0.317 e. The lowest BCUT2D eigenvalue weighted by atomic mass is 10.2. The van der Waals surface area contributed by atoms with Crippen LogP contribution in [0.5, 0.6) is 11.5 Å². The van der Waals surface area contributed by atoms with E-state index in [-0.39, 0.29) is 80.9 Å². The van der Waals surface area contributed by atoms with E-state index in [4.69, 9.17) is 54.5 Å². The highest BCUT2D eigenvalue weighted by Crippen LogP contribution is 2.30. The molecule has 9 N–H and O–H groups in total. The Morgan fingerprint density at radius 1 is 0.437 bits per heavy atom. The maximum atomic E-state index is 10.3. The second-order valence-electron chi connectivity index (χ2n) is 25.4. The van der Waals surface area contributed by atoms with E-state index in [2.05, 4.69) is 146 Å². The molecule has 1 saturated heterocycles. The number of nitrogens with one attached hydrogen (secondary N) is 4. The number of aliphatic hydroxyl groups excluding tert-OH is 1. The summed E-state index contributed by atoms with van der Waals surface area (Å²) in [6.07, 6.45) is -0.235. The monoisotopic (exact) mass is 1400 g/mol. The molecule has 87 heavy (non-hydrogen) atoms. The van der Waals surface area contributed by atoms with Gasteiger partial charge in [-0.25, -0.2) is 0 Å². The largest absolute Gasteiger partial charge is 0.491 e. The number of rotatable bonds is 38. The highest BCUT2D eigenvalue weighted by Gasteiger charge is 2.48. The quantitative estimate of drug-likeness (QED) is 0.0189. The van der Waals surface area contributed by atoms with E-state index in [1.807, 2.05) is 62.4 Å². The van der Waals surface area contributed by atoms with Crippen molar-refractivity contribution in [3.63, 3.8) is 0 Å². The Bertz CT molecular complexity index is 1920. The van der Waals surface area contributed by atoms with Crippen LogP contribution < -0.4 is 42.2 Å². The van der Waals surface area contributed by atoms with Gasteiger partial charge in [-0.05, 0) is 181 Å². The summed E-state index contributed by atoms with van der Waals surface area (Å²) in [5.74, 6) is 1.78. The third kappa shape index (κ3) is 57.8. The standard InChI is InChI=1S/C28H64N4O6Si5.C13H38N2O3Si4.C10H12O2.10CH4/c1-26-14-12-13-15-28(26)34-25-27(33)24-32-19-18-31-21-23-43(11,36-40(5,6)7)38-41(8,9)37-42(10,35-39(2,3)4)22-20-30-17-16-29;1-19(2,3)16-21(7,8)18-22(9,17-20(4,5)6)13-12-15-11-10-14;1-8-4-2-3-5-10(8)12-7-9-6-11-9;;;;;;;;;;/h12-15,27,30-33H,16-25,29H2,1-11H3;15H,10-14H2,1-9H3;2-5,9H,6-7H2,1H3;10*1H4. The molecule has 530 valence electrons. The van der Waals surface area contributed by atoms with Gasteiger partial charge in [0.15, 0.2) is 33.3 Å². The third-order valence-electron chi connectivity index (χ3n) is 10.7. The van der Waals surface area contributed by atoms with E-state index < -0.39 is 82.2 Å². The van der Waals surface area contributed by atoms with Crippen molar-refractivity contribution in [1.82, 2.24) is 21.3 Å². The minimum atomic E-state index is -2.59. The Labute approximate surface area is 552 Å². The number of ether oxygens (including phenoxy) is 3. The molecule has 5 unspecified atom stereocenters. The fraction of sp³-hybridized carbons (Fsp3) is 0.803. The van der Waals surface area contributed by atoms with Gasteiger partial charge in [0.25, 0.3) is 0 Å². The second kappa shape index (κ2) is 50.8. The highest BCUT2D eigenvalue weighted by molar-refractivity contribution is 6.91. The van der Waals surface area contributed by atoms with E-state index in [0.717, 1.165) is 87.6 Å². The van der Waals surface area contributed by atoms with Crippen LogP contribution in [0.1, 0.15) is 85.4 Å². The second-order valence-corrected chi connectivity index (χ2v) is 61.9. The van der Waals surface area contributed by atoms with Gasteiger partial charge in [0.05, 0.1) is 6.61 Å². The topological polar surface area (TPSA) is 216 Å². The van der Waals surface area contributed by atoms with Gasteiger partial charge in [0, 0.05) is 63.9 Å². The molecule has 5 atom stereocenters. The Morgan fingerprint density at radius 2 is 0.736 bits per heavy atom. The van der Waals surface area contributed by atoms with Crippen LogP contribution in [-0.4, -0.2) is 179 Å². The van der Waals surface area contributed by atoms with Crippen molar-refractivity contribution < 1.29 is 48.1 Å². The fourth-order valence-corrected chi connectivity index (χ4v) is 49.6. The highest BCUT2D eigenvalue weighted by atomic mass is 28.5. The van der Waals surface area contributed by atoms with Gasteiger partial charge < -0.3 is 80.9 Å². The number of aryl methyl sites for hydroxylation is 2. The first-order valence-corrected chi connectivity index (χ1v) is 55.0. The molecule has 1 fully saturated rings. The summed E-state index contributed by atoms with van der Waals surface area (Å²) in [7, 11) is -19.0. The Balaban J connectivity index is -0.000000142. The van der Waals surface area contributed by atoms with Crippen LogP contribution in [0, 0.1) is 13.8 Å². The first kappa shape index (κ1) is 108. The van der Waals surface area contributed by atoms with Crippen LogP contribution in [0.15, 0.2) is 48.5 Å². The number of hydrogen-bond donors (Lipinski definition) is 7. The van der Waals surface area contributed by atoms with Crippen LogP contribution in [0.4, 0.5) is 0 Å². The van der Waals surface area contributed by atoms with Gasteiger partial charge in [0.2, 0.25) is 0 Å². The predicted octanol–water partition coefficient (Wildman–Crippen LogP) is 15.2. The molecular weight excluding hydrogens is 1250 g/mol. The summed E-state index contributed by atoms with van der Waals surface area (Å²) >= 11 is 0. The summed E-state index contributed by atoms with van der Waals surface area (Å²) in [4.78, 5) is 0. The van der Waals surface area contributed by atoms with E-state index in [1.54, 1.807) is 0 Å². The molecule has 26 heteroatoms. The molecule has 1 aliphatic heterocycles. The van der Waals surface area contributed by atoms with E-state index in [9.17, 15) is 5.11 Å². The van der Waals surface area contributed by atoms with Crippen molar-refractivity contribution in [2.24, 2.45) is 11.5 Å². The lowest BCUT2D eigenvalue weighted by Crippen LogP contribution is -2.60. The van der Waals surface area contributed by atoms with Crippen molar-refractivity contribution in [2.75, 3.05) is 85.3 Å². The number of hydrogen-bond acceptors (Lipinski definition) is 17. The molecule has 0 spiro atoms. The predicted molar refractivity (Wildman–Crippen MR) is 411 cm³/mol. The van der Waals surface area contributed by atoms with Crippen molar-refractivity contribution >= 4 is 76.1 Å². The zero-order valence-electron chi connectivity index (χ0n) is 52.3. The molecular formula is C61H154N6O11Si9. The molecule has 0 radical (unpaired) electrons. The minimum Gasteiger partial charge on any atom is -0.491 e.